The van der Waals surface area contributed by atoms with E-state index in [1.165, 1.54) is 12.1 Å². The largest absolute Gasteiger partial charge is 0.349 e. The van der Waals surface area contributed by atoms with E-state index in [1.54, 1.807) is 27.6 Å². The maximum Gasteiger partial charge on any atom is 0.266 e. The lowest BCUT2D eigenvalue weighted by Gasteiger charge is -2.22. The second kappa shape index (κ2) is 8.39. The van der Waals surface area contributed by atoms with Gasteiger partial charge in [0.1, 0.15) is 11.2 Å². The van der Waals surface area contributed by atoms with Gasteiger partial charge in [0.2, 0.25) is 5.95 Å². The normalized spacial score (nSPS) is 12.8. The summed E-state index contributed by atoms with van der Waals surface area (Å²) in [5.74, 6) is 0.0936. The number of anilines is 1. The molecule has 6 nitrogen and oxygen atoms in total. The number of rotatable bonds is 5. The number of nitrogens with zero attached hydrogens (tertiary/aromatic N) is 4. The zero-order valence-electron chi connectivity index (χ0n) is 18.4. The second-order valence-corrected chi connectivity index (χ2v) is 9.27. The molecule has 4 aromatic rings. The van der Waals surface area contributed by atoms with Gasteiger partial charge in [-0.25, -0.2) is 9.07 Å². The molecule has 0 bridgehead atoms. The minimum absolute atomic E-state index is 0.137. The Bertz CT molecular complexity index is 1300. The molecule has 0 spiro atoms. The van der Waals surface area contributed by atoms with E-state index >= 15 is 0 Å². The van der Waals surface area contributed by atoms with Crippen LogP contribution in [0.1, 0.15) is 44.9 Å². The third-order valence-corrected chi connectivity index (χ3v) is 5.54. The summed E-state index contributed by atoms with van der Waals surface area (Å²) in [5.41, 5.74) is 1.76. The van der Waals surface area contributed by atoms with Gasteiger partial charge in [-0.1, -0.05) is 35.9 Å². The van der Waals surface area contributed by atoms with Crippen molar-refractivity contribution in [2.75, 3.05) is 5.32 Å². The van der Waals surface area contributed by atoms with Crippen LogP contribution in [-0.4, -0.2) is 19.3 Å². The number of hydrogen-bond donors (Lipinski definition) is 1. The molecule has 0 radical (unpaired) electrons. The molecule has 1 atom stereocenters. The van der Waals surface area contributed by atoms with Crippen LogP contribution in [0.5, 0.6) is 0 Å². The monoisotopic (exact) mass is 453 g/mol. The van der Waals surface area contributed by atoms with Crippen molar-refractivity contribution in [3.05, 3.63) is 87.0 Å². The molecule has 166 valence electrons. The van der Waals surface area contributed by atoms with E-state index in [9.17, 15) is 9.18 Å². The molecule has 0 aliphatic rings. The summed E-state index contributed by atoms with van der Waals surface area (Å²) >= 11 is 6.02. The van der Waals surface area contributed by atoms with E-state index < -0.39 is 0 Å². The molecule has 2 heterocycles. The van der Waals surface area contributed by atoms with Crippen molar-refractivity contribution in [1.82, 2.24) is 19.3 Å². The fourth-order valence-electron chi connectivity index (χ4n) is 3.55. The number of nitrogens with one attached hydrogen (secondary N) is 1. The van der Waals surface area contributed by atoms with E-state index in [0.717, 1.165) is 11.1 Å². The Morgan fingerprint density at radius 1 is 1.09 bits per heavy atom. The molecule has 0 fully saturated rings. The van der Waals surface area contributed by atoms with Crippen LogP contribution in [0.2, 0.25) is 5.02 Å². The predicted octanol–water partition coefficient (Wildman–Crippen LogP) is 5.36. The number of hydrogen-bond acceptors (Lipinski definition) is 4. The van der Waals surface area contributed by atoms with Crippen molar-refractivity contribution in [1.29, 1.82) is 0 Å². The van der Waals surface area contributed by atoms with Crippen LogP contribution in [0.4, 0.5) is 10.3 Å². The summed E-state index contributed by atoms with van der Waals surface area (Å²) in [6.45, 7) is 8.26. The summed E-state index contributed by atoms with van der Waals surface area (Å²) < 4.78 is 16.7. The summed E-state index contributed by atoms with van der Waals surface area (Å²) in [4.78, 5) is 18.3. The van der Waals surface area contributed by atoms with Crippen molar-refractivity contribution in [3.8, 4) is 0 Å². The van der Waals surface area contributed by atoms with Gasteiger partial charge in [0.25, 0.3) is 5.56 Å². The van der Waals surface area contributed by atoms with E-state index in [0.29, 0.717) is 22.0 Å². The van der Waals surface area contributed by atoms with Crippen molar-refractivity contribution in [2.24, 2.45) is 0 Å². The molecule has 0 amide bonds. The quantitative estimate of drug-likeness (QED) is 0.441. The molecular formula is C24H25ClFN5O. The van der Waals surface area contributed by atoms with Crippen LogP contribution in [0.15, 0.2) is 59.5 Å². The van der Waals surface area contributed by atoms with Gasteiger partial charge in [0.05, 0.1) is 24.3 Å². The van der Waals surface area contributed by atoms with Gasteiger partial charge in [-0.3, -0.25) is 9.36 Å². The van der Waals surface area contributed by atoms with Gasteiger partial charge in [-0.05, 0) is 63.1 Å². The van der Waals surface area contributed by atoms with E-state index in [1.807, 2.05) is 52.0 Å². The maximum absolute atomic E-state index is 13.5. The van der Waals surface area contributed by atoms with Gasteiger partial charge in [0, 0.05) is 5.02 Å². The highest BCUT2D eigenvalue weighted by Gasteiger charge is 2.22. The molecule has 2 aromatic heterocycles. The Morgan fingerprint density at radius 3 is 2.38 bits per heavy atom. The Balaban J connectivity index is 1.83. The van der Waals surface area contributed by atoms with Crippen LogP contribution in [0.25, 0.3) is 11.0 Å². The van der Waals surface area contributed by atoms with Crippen molar-refractivity contribution >= 4 is 28.6 Å². The van der Waals surface area contributed by atoms with Gasteiger partial charge < -0.3 is 5.32 Å². The van der Waals surface area contributed by atoms with Gasteiger partial charge in [-0.15, -0.1) is 0 Å². The number of fused-ring (bicyclic) bond motifs is 1. The Labute approximate surface area is 190 Å². The minimum Gasteiger partial charge on any atom is -0.349 e. The average Bonchev–Trinajstić information content (AvgIpc) is 3.17. The summed E-state index contributed by atoms with van der Waals surface area (Å²) in [7, 11) is 0. The Morgan fingerprint density at radius 2 is 1.75 bits per heavy atom. The number of halogens is 2. The fourth-order valence-corrected chi connectivity index (χ4v) is 3.68. The van der Waals surface area contributed by atoms with Crippen LogP contribution in [-0.2, 0) is 12.1 Å². The number of benzene rings is 2. The van der Waals surface area contributed by atoms with Crippen LogP contribution in [0.3, 0.4) is 0 Å². The third kappa shape index (κ3) is 4.39. The first-order valence-corrected chi connectivity index (χ1v) is 10.8. The predicted molar refractivity (Wildman–Crippen MR) is 126 cm³/mol. The Hall–Kier alpha value is -3.19. The Kier molecular flexibility index (Phi) is 5.77. The molecule has 1 N–H and O–H groups in total. The molecule has 0 saturated heterocycles. The summed E-state index contributed by atoms with van der Waals surface area (Å²) in [6, 6.07) is 13.5. The highest BCUT2D eigenvalue weighted by Crippen LogP contribution is 2.24. The molecule has 32 heavy (non-hydrogen) atoms. The zero-order valence-corrected chi connectivity index (χ0v) is 19.2. The van der Waals surface area contributed by atoms with Crippen LogP contribution < -0.4 is 10.9 Å². The van der Waals surface area contributed by atoms with Gasteiger partial charge in [0.15, 0.2) is 5.65 Å². The van der Waals surface area contributed by atoms with Crippen molar-refractivity contribution in [3.63, 3.8) is 0 Å². The highest BCUT2D eigenvalue weighted by molar-refractivity contribution is 6.30. The molecule has 4 rings (SSSR count). The minimum atomic E-state index is -0.344. The molecular weight excluding hydrogens is 429 g/mol. The van der Waals surface area contributed by atoms with E-state index in [4.69, 9.17) is 16.6 Å². The first-order valence-electron chi connectivity index (χ1n) is 10.4. The topological polar surface area (TPSA) is 64.7 Å². The lowest BCUT2D eigenvalue weighted by atomic mass is 10.1. The van der Waals surface area contributed by atoms with Crippen LogP contribution >= 0.6 is 11.6 Å². The van der Waals surface area contributed by atoms with E-state index in [-0.39, 0.29) is 29.5 Å². The SMILES string of the molecule is C[C@@H](Nc1nc2c(cnn2C(C)(C)C)c(=O)n1Cc1ccc(F)cc1)c1ccc(Cl)cc1. The highest BCUT2D eigenvalue weighted by atomic mass is 35.5. The molecule has 0 unspecified atom stereocenters. The third-order valence-electron chi connectivity index (χ3n) is 5.29. The zero-order chi connectivity index (χ0) is 23.0. The average molecular weight is 454 g/mol. The first kappa shape index (κ1) is 22.0. The van der Waals surface area contributed by atoms with Crippen LogP contribution in [0, 0.1) is 5.82 Å². The van der Waals surface area contributed by atoms with Crippen molar-refractivity contribution in [2.45, 2.75) is 45.8 Å². The lowest BCUT2D eigenvalue weighted by Crippen LogP contribution is -2.28. The molecule has 2 aromatic carbocycles. The van der Waals surface area contributed by atoms with Gasteiger partial charge in [-0.2, -0.15) is 10.1 Å². The smallest absolute Gasteiger partial charge is 0.266 e. The van der Waals surface area contributed by atoms with E-state index in [2.05, 4.69) is 10.4 Å². The first-order chi connectivity index (χ1) is 15.1. The van der Waals surface area contributed by atoms with Crippen molar-refractivity contribution < 1.29 is 4.39 Å². The second-order valence-electron chi connectivity index (χ2n) is 8.84. The fraction of sp³-hybridized carbons (Fsp3) is 0.292. The number of aromatic nitrogens is 4. The molecule has 0 aliphatic carbocycles. The maximum atomic E-state index is 13.5. The molecule has 0 aliphatic heterocycles. The molecule has 0 saturated carbocycles. The standard InChI is InChI=1S/C24H25ClFN5O/c1-15(17-7-9-18(25)10-8-17)28-23-29-21-20(13-27-31(21)24(2,3)4)22(32)30(23)14-16-5-11-19(26)12-6-16/h5-13,15H,14H2,1-4H3,(H,28,29)/t15-/m1/s1. The molecule has 8 heteroatoms. The summed E-state index contributed by atoms with van der Waals surface area (Å²) in [6.07, 6.45) is 1.56. The van der Waals surface area contributed by atoms with Gasteiger partial charge >= 0.3 is 0 Å². The summed E-state index contributed by atoms with van der Waals surface area (Å²) in [5, 5.41) is 8.89. The lowest BCUT2D eigenvalue weighted by molar-refractivity contribution is 0.366.